The van der Waals surface area contributed by atoms with E-state index in [9.17, 15) is 0 Å². The van der Waals surface area contributed by atoms with Crippen LogP contribution in [-0.2, 0) is 20.1 Å². The van der Waals surface area contributed by atoms with Crippen molar-refractivity contribution < 1.29 is 0 Å². The van der Waals surface area contributed by atoms with Crippen molar-refractivity contribution in [3.63, 3.8) is 0 Å². The van der Waals surface area contributed by atoms with Crippen molar-refractivity contribution in [1.82, 2.24) is 24.0 Å². The van der Waals surface area contributed by atoms with Crippen molar-refractivity contribution in [2.45, 2.75) is 13.1 Å². The molecule has 2 aromatic rings. The molecule has 0 radical (unpaired) electrons. The maximum atomic E-state index is 5.38. The summed E-state index contributed by atoms with van der Waals surface area (Å²) >= 11 is 1.26. The zero-order valence-electron chi connectivity index (χ0n) is 9.79. The van der Waals surface area contributed by atoms with Crippen LogP contribution in [0.25, 0.3) is 0 Å². The van der Waals surface area contributed by atoms with Crippen LogP contribution in [0.2, 0.25) is 0 Å². The fourth-order valence-electron chi connectivity index (χ4n) is 1.52. The Kier molecular flexibility index (Phi) is 3.67. The van der Waals surface area contributed by atoms with Gasteiger partial charge in [-0.25, -0.2) is 10.8 Å². The average molecular weight is 253 g/mol. The van der Waals surface area contributed by atoms with Gasteiger partial charge in [0.25, 0.3) is 0 Å². The predicted molar refractivity (Wildman–Crippen MR) is 66.1 cm³/mol. The van der Waals surface area contributed by atoms with E-state index in [0.717, 1.165) is 23.1 Å². The molecule has 2 heterocycles. The van der Waals surface area contributed by atoms with E-state index in [0.29, 0.717) is 6.54 Å². The summed E-state index contributed by atoms with van der Waals surface area (Å²) in [5, 5.41) is 4.84. The number of nitrogens with two attached hydrogens (primary N) is 1. The lowest BCUT2D eigenvalue weighted by atomic mass is 10.4. The quantitative estimate of drug-likeness (QED) is 0.584. The number of rotatable bonds is 5. The van der Waals surface area contributed by atoms with Gasteiger partial charge in [0.05, 0.1) is 6.54 Å². The van der Waals surface area contributed by atoms with Crippen LogP contribution in [0.15, 0.2) is 12.4 Å². The number of hydrazine groups is 1. The van der Waals surface area contributed by atoms with E-state index in [2.05, 4.69) is 24.9 Å². The fraction of sp³-hybridized carbons (Fsp3) is 0.444. The minimum atomic E-state index is 0.683. The van der Waals surface area contributed by atoms with Crippen molar-refractivity contribution in [3.8, 4) is 0 Å². The lowest BCUT2D eigenvalue weighted by molar-refractivity contribution is 0.303. The standard InChI is InChI=1S/C9H15N7S/c1-15(6-8-11-3-4-16(8)2)5-7-9(12-10)17-14-13-7/h3-4,12H,5-6,10H2,1-2H3. The van der Waals surface area contributed by atoms with Gasteiger partial charge in [0.15, 0.2) is 0 Å². The molecule has 7 nitrogen and oxygen atoms in total. The third-order valence-corrected chi connectivity index (χ3v) is 3.14. The Bertz CT molecular complexity index is 477. The van der Waals surface area contributed by atoms with Crippen molar-refractivity contribution >= 4 is 16.5 Å². The summed E-state index contributed by atoms with van der Waals surface area (Å²) in [4.78, 5) is 6.39. The van der Waals surface area contributed by atoms with E-state index in [4.69, 9.17) is 5.84 Å². The maximum absolute atomic E-state index is 5.38. The highest BCUT2D eigenvalue weighted by Gasteiger charge is 2.11. The molecule has 3 N–H and O–H groups in total. The number of nitrogens with one attached hydrogen (secondary N) is 1. The molecule has 2 rings (SSSR count). The van der Waals surface area contributed by atoms with E-state index in [1.807, 2.05) is 24.9 Å². The predicted octanol–water partition coefficient (Wildman–Crippen LogP) is 0.189. The van der Waals surface area contributed by atoms with Crippen molar-refractivity contribution in [2.75, 3.05) is 12.5 Å². The molecule has 0 spiro atoms. The van der Waals surface area contributed by atoms with Gasteiger partial charge in [0.2, 0.25) is 0 Å². The minimum absolute atomic E-state index is 0.683. The van der Waals surface area contributed by atoms with Crippen LogP contribution >= 0.6 is 11.5 Å². The summed E-state index contributed by atoms with van der Waals surface area (Å²) in [7, 11) is 3.99. The van der Waals surface area contributed by atoms with Crippen LogP contribution in [0.5, 0.6) is 0 Å². The molecule has 0 saturated heterocycles. The summed E-state index contributed by atoms with van der Waals surface area (Å²) < 4.78 is 5.86. The lowest BCUT2D eigenvalue weighted by Gasteiger charge is -2.15. The van der Waals surface area contributed by atoms with Crippen LogP contribution in [0.3, 0.4) is 0 Å². The molecule has 2 aromatic heterocycles. The molecule has 0 aliphatic carbocycles. The van der Waals surface area contributed by atoms with Gasteiger partial charge >= 0.3 is 0 Å². The number of hydrogen-bond donors (Lipinski definition) is 2. The molecular weight excluding hydrogens is 238 g/mol. The van der Waals surface area contributed by atoms with Crippen LogP contribution in [-0.4, -0.2) is 31.1 Å². The Morgan fingerprint density at radius 2 is 2.35 bits per heavy atom. The third-order valence-electron chi connectivity index (χ3n) is 2.44. The van der Waals surface area contributed by atoms with Gasteiger partial charge in [-0.1, -0.05) is 4.49 Å². The van der Waals surface area contributed by atoms with E-state index in [1.165, 1.54) is 11.5 Å². The Morgan fingerprint density at radius 1 is 1.53 bits per heavy atom. The smallest absolute Gasteiger partial charge is 0.148 e. The van der Waals surface area contributed by atoms with Crippen molar-refractivity contribution in [1.29, 1.82) is 0 Å². The maximum Gasteiger partial charge on any atom is 0.148 e. The molecule has 17 heavy (non-hydrogen) atoms. The summed E-state index contributed by atoms with van der Waals surface area (Å²) in [5.74, 6) is 6.39. The number of nitrogens with zero attached hydrogens (tertiary/aromatic N) is 5. The van der Waals surface area contributed by atoms with Gasteiger partial charge in [0.1, 0.15) is 16.5 Å². The van der Waals surface area contributed by atoms with Crippen LogP contribution in [0.4, 0.5) is 5.00 Å². The Morgan fingerprint density at radius 3 is 3.00 bits per heavy atom. The van der Waals surface area contributed by atoms with Gasteiger partial charge in [-0.3, -0.25) is 4.90 Å². The van der Waals surface area contributed by atoms with Gasteiger partial charge in [-0.2, -0.15) is 0 Å². The second kappa shape index (κ2) is 5.21. The first-order valence-electron chi connectivity index (χ1n) is 5.13. The molecular formula is C9H15N7S. The molecule has 0 atom stereocenters. The highest BCUT2D eigenvalue weighted by molar-refractivity contribution is 7.10. The normalized spacial score (nSPS) is 11.1. The van der Waals surface area contributed by atoms with E-state index in [1.54, 1.807) is 6.20 Å². The molecule has 0 aromatic carbocycles. The Hall–Kier alpha value is -1.51. The van der Waals surface area contributed by atoms with E-state index < -0.39 is 0 Å². The van der Waals surface area contributed by atoms with Gasteiger partial charge in [0, 0.05) is 37.5 Å². The summed E-state index contributed by atoms with van der Waals surface area (Å²) in [6, 6.07) is 0. The third kappa shape index (κ3) is 2.78. The first-order chi connectivity index (χ1) is 8.20. The summed E-state index contributed by atoms with van der Waals surface area (Å²) in [6.45, 7) is 1.44. The number of aromatic nitrogens is 4. The molecule has 92 valence electrons. The van der Waals surface area contributed by atoms with E-state index in [-0.39, 0.29) is 0 Å². The van der Waals surface area contributed by atoms with Crippen LogP contribution in [0, 0.1) is 0 Å². The fourth-order valence-corrected chi connectivity index (χ4v) is 2.01. The molecule has 0 unspecified atom stereocenters. The van der Waals surface area contributed by atoms with Crippen LogP contribution in [0.1, 0.15) is 11.5 Å². The first-order valence-corrected chi connectivity index (χ1v) is 5.90. The molecule has 0 bridgehead atoms. The summed E-state index contributed by atoms with van der Waals surface area (Å²) in [6.07, 6.45) is 3.72. The Balaban J connectivity index is 1.98. The molecule has 0 fully saturated rings. The Labute approximate surface area is 103 Å². The first kappa shape index (κ1) is 12.0. The second-order valence-electron chi connectivity index (χ2n) is 3.82. The van der Waals surface area contributed by atoms with E-state index >= 15 is 0 Å². The van der Waals surface area contributed by atoms with Gasteiger partial charge in [-0.15, -0.1) is 5.10 Å². The molecule has 0 saturated carbocycles. The largest absolute Gasteiger partial charge is 0.337 e. The number of nitrogen functional groups attached to an aromatic ring is 1. The van der Waals surface area contributed by atoms with Gasteiger partial charge < -0.3 is 9.99 Å². The topological polar surface area (TPSA) is 84.9 Å². The molecule has 8 heteroatoms. The van der Waals surface area contributed by atoms with Crippen LogP contribution < -0.4 is 11.3 Å². The highest BCUT2D eigenvalue weighted by atomic mass is 32.1. The minimum Gasteiger partial charge on any atom is -0.337 e. The lowest BCUT2D eigenvalue weighted by Crippen LogP contribution is -2.21. The highest BCUT2D eigenvalue weighted by Crippen LogP contribution is 2.17. The zero-order chi connectivity index (χ0) is 12.3. The molecule has 0 aliphatic rings. The number of imidazole rings is 1. The number of hydrogen-bond acceptors (Lipinski definition) is 7. The summed E-state index contributed by atoms with van der Waals surface area (Å²) in [5.41, 5.74) is 3.45. The van der Waals surface area contributed by atoms with Crippen molar-refractivity contribution in [3.05, 3.63) is 23.9 Å². The monoisotopic (exact) mass is 253 g/mol. The molecule has 0 aliphatic heterocycles. The van der Waals surface area contributed by atoms with Crippen molar-refractivity contribution in [2.24, 2.45) is 12.9 Å². The number of aryl methyl sites for hydroxylation is 1. The molecule has 0 amide bonds. The zero-order valence-corrected chi connectivity index (χ0v) is 10.6. The van der Waals surface area contributed by atoms with Gasteiger partial charge in [-0.05, 0) is 7.05 Å². The number of anilines is 1. The average Bonchev–Trinajstić information content (AvgIpc) is 2.89. The SMILES string of the molecule is CN(Cc1nnsc1NN)Cc1nccn1C. The second-order valence-corrected chi connectivity index (χ2v) is 4.57.